The van der Waals surface area contributed by atoms with Crippen molar-refractivity contribution in [1.29, 1.82) is 0 Å². The zero-order valence-corrected chi connectivity index (χ0v) is 24.1. The predicted molar refractivity (Wildman–Crippen MR) is 151 cm³/mol. The molecule has 2 saturated heterocycles. The van der Waals surface area contributed by atoms with Crippen LogP contribution in [-0.2, 0) is 14.4 Å². The number of carbonyl (C=O) groups excluding carboxylic acids is 3. The minimum atomic E-state index is -0.948. The Morgan fingerprint density at radius 1 is 1.12 bits per heavy atom. The third kappa shape index (κ3) is 7.10. The molecule has 3 aliphatic heterocycles. The molecule has 1 aromatic carbocycles. The number of nitrogens with two attached hydrogens (primary N) is 1. The number of likely N-dealkylation sites (tertiary alicyclic amines) is 1. The van der Waals surface area contributed by atoms with Crippen LogP contribution in [0.1, 0.15) is 56.9 Å². The number of benzene rings is 1. The molecule has 1 unspecified atom stereocenters. The summed E-state index contributed by atoms with van der Waals surface area (Å²) in [6.45, 7) is 5.09. The lowest BCUT2D eigenvalue weighted by Gasteiger charge is -2.34. The van der Waals surface area contributed by atoms with Crippen LogP contribution in [0.5, 0.6) is 11.5 Å². The van der Waals surface area contributed by atoms with Gasteiger partial charge in [0.25, 0.3) is 0 Å². The van der Waals surface area contributed by atoms with Gasteiger partial charge in [0.05, 0.1) is 12.5 Å². The minimum absolute atomic E-state index is 0.0321. The lowest BCUT2D eigenvalue weighted by atomic mass is 9.84. The van der Waals surface area contributed by atoms with Crippen LogP contribution in [-0.4, -0.2) is 114 Å². The number of aliphatic carboxylic acids is 1. The van der Waals surface area contributed by atoms with Crippen LogP contribution in [0.25, 0.3) is 0 Å². The van der Waals surface area contributed by atoms with Crippen molar-refractivity contribution in [3.05, 3.63) is 23.8 Å². The van der Waals surface area contributed by atoms with Crippen LogP contribution >= 0.6 is 0 Å². The summed E-state index contributed by atoms with van der Waals surface area (Å²) in [6.07, 6.45) is 4.08. The van der Waals surface area contributed by atoms with Crippen LogP contribution in [0.2, 0.25) is 0 Å². The molecule has 3 heterocycles. The first kappa shape index (κ1) is 30.6. The molecule has 3 N–H and O–H groups in total. The van der Waals surface area contributed by atoms with E-state index in [-0.39, 0.29) is 43.5 Å². The van der Waals surface area contributed by atoms with E-state index in [0.29, 0.717) is 57.2 Å². The average Bonchev–Trinajstić information content (AvgIpc) is 3.57. The number of hydrogen-bond acceptors (Lipinski definition) is 8. The summed E-state index contributed by atoms with van der Waals surface area (Å²) in [5.41, 5.74) is 6.49. The second-order valence-corrected chi connectivity index (χ2v) is 11.1. The molecule has 0 radical (unpaired) electrons. The molecule has 4 amide bonds. The molecule has 0 saturated carbocycles. The fourth-order valence-corrected chi connectivity index (χ4v) is 6.07. The maximum atomic E-state index is 13.6. The molecule has 12 heteroatoms. The highest BCUT2D eigenvalue weighted by Gasteiger charge is 2.47. The SMILES string of the molecule is CCCCN(CCCCN)C(=O)CN1C[C@H](c2ccc3c(c2)OCO3)C(C(=O)O)[C@@H]1CCN1CCC(=O)N(C)C1=O. The van der Waals surface area contributed by atoms with Crippen molar-refractivity contribution in [2.45, 2.75) is 57.4 Å². The van der Waals surface area contributed by atoms with E-state index in [1.807, 2.05) is 21.9 Å². The average molecular weight is 574 g/mol. The van der Waals surface area contributed by atoms with Crippen LogP contribution in [0.3, 0.4) is 0 Å². The molecular weight excluding hydrogens is 530 g/mol. The first-order chi connectivity index (χ1) is 19.7. The molecular formula is C29H43N5O7. The Morgan fingerprint density at radius 2 is 1.88 bits per heavy atom. The number of hydrogen-bond donors (Lipinski definition) is 2. The second kappa shape index (κ2) is 14.0. The lowest BCUT2D eigenvalue weighted by molar-refractivity contribution is -0.144. The van der Waals surface area contributed by atoms with Crippen LogP contribution in [0, 0.1) is 5.92 Å². The topological polar surface area (TPSA) is 146 Å². The van der Waals surface area contributed by atoms with Crippen molar-refractivity contribution < 1.29 is 33.8 Å². The number of fused-ring (bicyclic) bond motifs is 1. The summed E-state index contributed by atoms with van der Waals surface area (Å²) in [5.74, 6) is -1.20. The van der Waals surface area contributed by atoms with Gasteiger partial charge >= 0.3 is 12.0 Å². The third-order valence-electron chi connectivity index (χ3n) is 8.43. The maximum absolute atomic E-state index is 13.6. The van der Waals surface area contributed by atoms with E-state index < -0.39 is 17.9 Å². The lowest BCUT2D eigenvalue weighted by Crippen LogP contribution is -2.52. The molecule has 0 bridgehead atoms. The van der Waals surface area contributed by atoms with Gasteiger partial charge in [0.1, 0.15) is 0 Å². The largest absolute Gasteiger partial charge is 0.481 e. The second-order valence-electron chi connectivity index (χ2n) is 11.1. The summed E-state index contributed by atoms with van der Waals surface area (Å²) >= 11 is 0. The molecule has 3 atom stereocenters. The maximum Gasteiger partial charge on any atom is 0.326 e. The quantitative estimate of drug-likeness (QED) is 0.319. The Morgan fingerprint density at radius 3 is 2.61 bits per heavy atom. The molecule has 0 aromatic heterocycles. The monoisotopic (exact) mass is 573 g/mol. The van der Waals surface area contributed by atoms with Gasteiger partial charge in [0, 0.05) is 58.2 Å². The standard InChI is InChI=1S/C29H43N5O7/c1-3-4-12-32(13-6-5-11-30)26(36)18-34-17-21(20-7-8-23-24(16-20)41-19-40-23)27(28(37)38)22(34)9-14-33-15-10-25(35)31(2)29(33)39/h7-8,16,21-22,27H,3-6,9-15,17-19,30H2,1-2H3,(H,37,38)/t21-,22+,27?/m1/s1. The van der Waals surface area contributed by atoms with Gasteiger partial charge in [-0.05, 0) is 49.9 Å². The van der Waals surface area contributed by atoms with Crippen molar-refractivity contribution in [2.24, 2.45) is 11.7 Å². The smallest absolute Gasteiger partial charge is 0.326 e. The van der Waals surface area contributed by atoms with E-state index in [9.17, 15) is 24.3 Å². The number of nitrogens with zero attached hydrogens (tertiary/aromatic N) is 4. The van der Waals surface area contributed by atoms with Crippen LogP contribution < -0.4 is 15.2 Å². The van der Waals surface area contributed by atoms with Crippen molar-refractivity contribution in [1.82, 2.24) is 19.6 Å². The fourth-order valence-electron chi connectivity index (χ4n) is 6.07. The number of carbonyl (C=O) groups is 4. The first-order valence-electron chi connectivity index (χ1n) is 14.6. The Labute approximate surface area is 241 Å². The molecule has 41 heavy (non-hydrogen) atoms. The number of unbranched alkanes of at least 4 members (excludes halogenated alkanes) is 2. The third-order valence-corrected chi connectivity index (χ3v) is 8.43. The summed E-state index contributed by atoms with van der Waals surface area (Å²) < 4.78 is 11.0. The van der Waals surface area contributed by atoms with Crippen molar-refractivity contribution >= 4 is 23.8 Å². The summed E-state index contributed by atoms with van der Waals surface area (Å²) in [6, 6.07) is 4.63. The van der Waals surface area contributed by atoms with Crippen molar-refractivity contribution in [2.75, 3.05) is 59.7 Å². The number of rotatable bonds is 14. The Balaban J connectivity index is 1.57. The summed E-state index contributed by atoms with van der Waals surface area (Å²) in [4.78, 5) is 57.6. The van der Waals surface area contributed by atoms with Gasteiger partial charge in [-0.25, -0.2) is 4.79 Å². The molecule has 3 aliphatic rings. The Bertz CT molecular complexity index is 1120. The van der Waals surface area contributed by atoms with E-state index >= 15 is 0 Å². The molecule has 2 fully saturated rings. The van der Waals surface area contributed by atoms with Gasteiger partial charge in [0.2, 0.25) is 18.6 Å². The van der Waals surface area contributed by atoms with Gasteiger partial charge in [-0.2, -0.15) is 0 Å². The Hall–Kier alpha value is -3.38. The van der Waals surface area contributed by atoms with Crippen LogP contribution in [0.15, 0.2) is 18.2 Å². The molecule has 0 aliphatic carbocycles. The number of ether oxygens (including phenoxy) is 2. The number of imide groups is 1. The highest BCUT2D eigenvalue weighted by Crippen LogP contribution is 2.42. The predicted octanol–water partition coefficient (Wildman–Crippen LogP) is 1.93. The molecule has 226 valence electrons. The van der Waals surface area contributed by atoms with Gasteiger partial charge in [-0.15, -0.1) is 0 Å². The fraction of sp³-hybridized carbons (Fsp3) is 0.655. The highest BCUT2D eigenvalue weighted by atomic mass is 16.7. The van der Waals surface area contributed by atoms with Gasteiger partial charge in [0.15, 0.2) is 11.5 Å². The zero-order chi connectivity index (χ0) is 29.5. The normalized spacial score (nSPS) is 22.5. The number of carboxylic acid groups (broad SMARTS) is 1. The molecule has 12 nitrogen and oxygen atoms in total. The van der Waals surface area contributed by atoms with E-state index in [2.05, 4.69) is 6.92 Å². The van der Waals surface area contributed by atoms with Gasteiger partial charge < -0.3 is 30.1 Å². The van der Waals surface area contributed by atoms with E-state index in [4.69, 9.17) is 15.2 Å². The summed E-state index contributed by atoms with van der Waals surface area (Å²) in [7, 11) is 1.46. The minimum Gasteiger partial charge on any atom is -0.481 e. The first-order valence-corrected chi connectivity index (χ1v) is 14.6. The van der Waals surface area contributed by atoms with Crippen molar-refractivity contribution in [3.8, 4) is 11.5 Å². The van der Waals surface area contributed by atoms with Crippen molar-refractivity contribution in [3.63, 3.8) is 0 Å². The van der Waals surface area contributed by atoms with E-state index in [1.165, 1.54) is 7.05 Å². The van der Waals surface area contributed by atoms with E-state index in [0.717, 1.165) is 36.1 Å². The molecule has 0 spiro atoms. The van der Waals surface area contributed by atoms with Gasteiger partial charge in [-0.1, -0.05) is 19.4 Å². The molecule has 4 rings (SSSR count). The number of carboxylic acids is 1. The summed E-state index contributed by atoms with van der Waals surface area (Å²) in [5, 5.41) is 10.5. The Kier molecular flexibility index (Phi) is 10.4. The highest BCUT2D eigenvalue weighted by molar-refractivity contribution is 5.96. The van der Waals surface area contributed by atoms with Crippen LogP contribution in [0.4, 0.5) is 4.79 Å². The van der Waals surface area contributed by atoms with Gasteiger partial charge in [-0.3, -0.25) is 24.2 Å². The molecule has 1 aromatic rings. The zero-order valence-electron chi connectivity index (χ0n) is 24.1. The van der Waals surface area contributed by atoms with E-state index in [1.54, 1.807) is 11.0 Å². The number of amides is 4. The number of urea groups is 1.